The number of carbonyl (C=O) groups excluding carboxylic acids is 1. The Kier molecular flexibility index (Phi) is 3.29. The number of likely N-dealkylation sites (tertiary alicyclic amines) is 1. The van der Waals surface area contributed by atoms with Crippen LogP contribution in [0.1, 0.15) is 33.1 Å². The Morgan fingerprint density at radius 2 is 2.13 bits per heavy atom. The van der Waals surface area contributed by atoms with Gasteiger partial charge in [0.1, 0.15) is 0 Å². The van der Waals surface area contributed by atoms with Gasteiger partial charge in [-0.1, -0.05) is 6.92 Å². The van der Waals surface area contributed by atoms with Crippen molar-refractivity contribution in [3.63, 3.8) is 0 Å². The Bertz CT molecular complexity index is 236. The molecule has 0 aromatic rings. The van der Waals surface area contributed by atoms with E-state index >= 15 is 0 Å². The average Bonchev–Trinajstić information content (AvgIpc) is 2.60. The Morgan fingerprint density at radius 3 is 2.67 bits per heavy atom. The molecule has 0 saturated carbocycles. The fraction of sp³-hybridized carbons (Fsp3) is 0.917. The summed E-state index contributed by atoms with van der Waals surface area (Å²) in [6.45, 7) is 7.37. The first-order chi connectivity index (χ1) is 7.20. The molecular formula is C12H22N2O. The number of hydrogen-bond donors (Lipinski definition) is 1. The molecule has 86 valence electrons. The molecule has 2 saturated heterocycles. The summed E-state index contributed by atoms with van der Waals surface area (Å²) in [4.78, 5) is 14.3. The molecule has 3 heteroatoms. The van der Waals surface area contributed by atoms with Crippen molar-refractivity contribution in [3.8, 4) is 0 Å². The molecule has 0 aromatic heterocycles. The molecule has 2 rings (SSSR count). The van der Waals surface area contributed by atoms with Crippen LogP contribution in [0.2, 0.25) is 0 Å². The van der Waals surface area contributed by atoms with Gasteiger partial charge < -0.3 is 10.2 Å². The number of amides is 1. The van der Waals surface area contributed by atoms with E-state index in [4.69, 9.17) is 0 Å². The van der Waals surface area contributed by atoms with Gasteiger partial charge in [-0.15, -0.1) is 0 Å². The van der Waals surface area contributed by atoms with Crippen molar-refractivity contribution in [2.45, 2.75) is 39.2 Å². The summed E-state index contributed by atoms with van der Waals surface area (Å²) in [6, 6.07) is 0.444. The number of nitrogens with one attached hydrogen (secondary N) is 1. The van der Waals surface area contributed by atoms with E-state index in [0.717, 1.165) is 32.5 Å². The van der Waals surface area contributed by atoms with Crippen LogP contribution >= 0.6 is 0 Å². The summed E-state index contributed by atoms with van der Waals surface area (Å²) >= 11 is 0. The second-order valence-corrected chi connectivity index (χ2v) is 5.08. The number of hydrogen-bond acceptors (Lipinski definition) is 2. The van der Waals surface area contributed by atoms with Crippen LogP contribution in [0.15, 0.2) is 0 Å². The van der Waals surface area contributed by atoms with E-state index in [2.05, 4.69) is 24.1 Å². The maximum Gasteiger partial charge on any atom is 0.227 e. The minimum atomic E-state index is 0.242. The topological polar surface area (TPSA) is 32.3 Å². The molecule has 2 aliphatic heterocycles. The lowest BCUT2D eigenvalue weighted by Gasteiger charge is -2.30. The number of piperidine rings is 1. The quantitative estimate of drug-likeness (QED) is 0.706. The summed E-state index contributed by atoms with van der Waals surface area (Å²) in [5.41, 5.74) is 0. The lowest BCUT2D eigenvalue weighted by atomic mass is 9.97. The number of rotatable bonds is 1. The van der Waals surface area contributed by atoms with E-state index in [0.29, 0.717) is 17.9 Å². The molecule has 1 amide bonds. The first kappa shape index (κ1) is 10.9. The molecule has 3 nitrogen and oxygen atoms in total. The van der Waals surface area contributed by atoms with Crippen molar-refractivity contribution >= 4 is 5.91 Å². The molecule has 2 heterocycles. The van der Waals surface area contributed by atoms with Crippen LogP contribution in [-0.4, -0.2) is 36.5 Å². The molecule has 0 spiro atoms. The van der Waals surface area contributed by atoms with Gasteiger partial charge in [0.2, 0.25) is 5.91 Å². The Labute approximate surface area is 92.2 Å². The minimum absolute atomic E-state index is 0.242. The smallest absolute Gasteiger partial charge is 0.227 e. The van der Waals surface area contributed by atoms with Gasteiger partial charge in [0.05, 0.1) is 5.92 Å². The van der Waals surface area contributed by atoms with Crippen LogP contribution in [0.4, 0.5) is 0 Å². The Hall–Kier alpha value is -0.570. The third-order valence-corrected chi connectivity index (χ3v) is 4.07. The average molecular weight is 210 g/mol. The van der Waals surface area contributed by atoms with Gasteiger partial charge in [-0.05, 0) is 38.6 Å². The monoisotopic (exact) mass is 210 g/mol. The predicted molar refractivity (Wildman–Crippen MR) is 60.5 cm³/mol. The molecular weight excluding hydrogens is 188 g/mol. The van der Waals surface area contributed by atoms with Crippen molar-refractivity contribution in [2.24, 2.45) is 11.8 Å². The van der Waals surface area contributed by atoms with Crippen LogP contribution in [0.5, 0.6) is 0 Å². The highest BCUT2D eigenvalue weighted by Gasteiger charge is 2.34. The molecule has 1 N–H and O–H groups in total. The Balaban J connectivity index is 1.95. The molecule has 2 fully saturated rings. The minimum Gasteiger partial charge on any atom is -0.339 e. The summed E-state index contributed by atoms with van der Waals surface area (Å²) < 4.78 is 0. The van der Waals surface area contributed by atoms with E-state index in [-0.39, 0.29) is 5.92 Å². The second-order valence-electron chi connectivity index (χ2n) is 5.08. The largest absolute Gasteiger partial charge is 0.339 e. The van der Waals surface area contributed by atoms with Crippen LogP contribution in [0, 0.1) is 11.8 Å². The van der Waals surface area contributed by atoms with Crippen LogP contribution < -0.4 is 5.32 Å². The normalized spacial score (nSPS) is 36.9. The predicted octanol–water partition coefficient (Wildman–Crippen LogP) is 1.24. The highest BCUT2D eigenvalue weighted by molar-refractivity contribution is 5.79. The van der Waals surface area contributed by atoms with Gasteiger partial charge in [-0.2, -0.15) is 0 Å². The highest BCUT2D eigenvalue weighted by atomic mass is 16.2. The van der Waals surface area contributed by atoms with E-state index in [1.54, 1.807) is 0 Å². The van der Waals surface area contributed by atoms with Crippen molar-refractivity contribution in [2.75, 3.05) is 19.6 Å². The van der Waals surface area contributed by atoms with Crippen LogP contribution in [-0.2, 0) is 4.79 Å². The number of carbonyl (C=O) groups is 1. The summed E-state index contributed by atoms with van der Waals surface area (Å²) in [6.07, 6.45) is 3.39. The molecule has 0 radical (unpaired) electrons. The summed E-state index contributed by atoms with van der Waals surface area (Å²) in [7, 11) is 0. The van der Waals surface area contributed by atoms with Gasteiger partial charge in [0.15, 0.2) is 0 Å². The van der Waals surface area contributed by atoms with Crippen molar-refractivity contribution in [1.82, 2.24) is 10.2 Å². The van der Waals surface area contributed by atoms with Gasteiger partial charge in [-0.3, -0.25) is 4.79 Å². The van der Waals surface area contributed by atoms with Crippen molar-refractivity contribution in [1.29, 1.82) is 0 Å². The summed E-state index contributed by atoms with van der Waals surface area (Å²) in [5, 5.41) is 3.32. The van der Waals surface area contributed by atoms with E-state index in [1.807, 2.05) is 0 Å². The molecule has 0 aliphatic carbocycles. The maximum absolute atomic E-state index is 12.2. The van der Waals surface area contributed by atoms with Crippen LogP contribution in [0.25, 0.3) is 0 Å². The zero-order valence-electron chi connectivity index (χ0n) is 9.83. The molecule has 2 aliphatic rings. The SMILES string of the molecule is CC1CCN(C(=O)[C@@H]2CCCNC2)C1C. The van der Waals surface area contributed by atoms with E-state index in [9.17, 15) is 4.79 Å². The van der Waals surface area contributed by atoms with Crippen molar-refractivity contribution < 1.29 is 4.79 Å². The third kappa shape index (κ3) is 2.17. The third-order valence-electron chi connectivity index (χ3n) is 4.07. The Morgan fingerprint density at radius 1 is 1.33 bits per heavy atom. The van der Waals surface area contributed by atoms with Gasteiger partial charge >= 0.3 is 0 Å². The van der Waals surface area contributed by atoms with E-state index < -0.39 is 0 Å². The van der Waals surface area contributed by atoms with E-state index in [1.165, 1.54) is 6.42 Å². The highest BCUT2D eigenvalue weighted by Crippen LogP contribution is 2.26. The molecule has 2 unspecified atom stereocenters. The van der Waals surface area contributed by atoms with Crippen LogP contribution in [0.3, 0.4) is 0 Å². The first-order valence-electron chi connectivity index (χ1n) is 6.21. The zero-order chi connectivity index (χ0) is 10.8. The molecule has 0 bridgehead atoms. The standard InChI is InChI=1S/C12H22N2O/c1-9-5-7-14(10(9)2)12(15)11-4-3-6-13-8-11/h9-11,13H,3-8H2,1-2H3/t9?,10?,11-/m1/s1. The maximum atomic E-state index is 12.2. The number of nitrogens with zero attached hydrogens (tertiary/aromatic N) is 1. The lowest BCUT2D eigenvalue weighted by Crippen LogP contribution is -2.44. The summed E-state index contributed by atoms with van der Waals surface area (Å²) in [5.74, 6) is 1.30. The second kappa shape index (κ2) is 4.52. The lowest BCUT2D eigenvalue weighted by molar-refractivity contribution is -0.136. The molecule has 3 atom stereocenters. The van der Waals surface area contributed by atoms with Gasteiger partial charge in [0.25, 0.3) is 0 Å². The fourth-order valence-electron chi connectivity index (χ4n) is 2.70. The van der Waals surface area contributed by atoms with Gasteiger partial charge in [0, 0.05) is 19.1 Å². The van der Waals surface area contributed by atoms with Gasteiger partial charge in [-0.25, -0.2) is 0 Å². The zero-order valence-corrected chi connectivity index (χ0v) is 9.83. The van der Waals surface area contributed by atoms with Crippen molar-refractivity contribution in [3.05, 3.63) is 0 Å². The molecule has 15 heavy (non-hydrogen) atoms. The molecule has 0 aromatic carbocycles. The first-order valence-corrected chi connectivity index (χ1v) is 6.21. The fourth-order valence-corrected chi connectivity index (χ4v) is 2.70.